The third-order valence-corrected chi connectivity index (χ3v) is 3.97. The quantitative estimate of drug-likeness (QED) is 0.454. The maximum Gasteiger partial charge on any atom is 0.188 e. The first-order chi connectivity index (χ1) is 11.8. The van der Waals surface area contributed by atoms with Gasteiger partial charge in [-0.2, -0.15) is 0 Å². The zero-order chi connectivity index (χ0) is 16.6. The first-order valence-electron chi connectivity index (χ1n) is 7.73. The molecule has 0 amide bonds. The molecule has 0 unspecified atom stereocenters. The molecule has 0 aliphatic heterocycles. The molecule has 0 fully saturated rings. The maximum atomic E-state index is 4.55. The average Bonchev–Trinajstić information content (AvgIpc) is 2.66. The molecular formula is C21H18N2S. The predicted octanol–water partition coefficient (Wildman–Crippen LogP) is 5.54. The van der Waals surface area contributed by atoms with Crippen LogP contribution in [0.4, 0.5) is 0 Å². The Bertz CT molecular complexity index is 772. The topological polar surface area (TPSA) is 25.8 Å². The smallest absolute Gasteiger partial charge is 0.188 e. The Morgan fingerprint density at radius 1 is 0.667 bits per heavy atom. The van der Waals surface area contributed by atoms with Gasteiger partial charge in [-0.15, -0.1) is 0 Å². The van der Waals surface area contributed by atoms with E-state index in [2.05, 4.69) is 46.4 Å². The van der Waals surface area contributed by atoms with Crippen molar-refractivity contribution in [2.45, 2.75) is 5.16 Å². The second kappa shape index (κ2) is 8.27. The van der Waals surface area contributed by atoms with Crippen LogP contribution in [0.2, 0.25) is 0 Å². The minimum atomic E-state index is 0.776. The summed E-state index contributed by atoms with van der Waals surface area (Å²) in [6.07, 6.45) is 10.2. The molecule has 1 aromatic heterocycles. The van der Waals surface area contributed by atoms with Crippen LogP contribution in [-0.4, -0.2) is 16.2 Å². The molecule has 3 rings (SSSR count). The largest absolute Gasteiger partial charge is 0.223 e. The van der Waals surface area contributed by atoms with Crippen LogP contribution in [-0.2, 0) is 0 Å². The van der Waals surface area contributed by atoms with Gasteiger partial charge in [0.25, 0.3) is 0 Å². The lowest BCUT2D eigenvalue weighted by Gasteiger charge is -2.01. The highest BCUT2D eigenvalue weighted by Gasteiger charge is 2.00. The van der Waals surface area contributed by atoms with Gasteiger partial charge in [0.1, 0.15) is 0 Å². The summed E-state index contributed by atoms with van der Waals surface area (Å²) in [7, 11) is 0. The number of rotatable bonds is 5. The van der Waals surface area contributed by atoms with E-state index in [1.54, 1.807) is 11.8 Å². The van der Waals surface area contributed by atoms with E-state index in [0.717, 1.165) is 27.7 Å². The SMILES string of the molecule is CSc1nc(/C=C/c2ccccc2)cc(/C=C/c2ccccc2)n1. The molecular weight excluding hydrogens is 312 g/mol. The molecule has 24 heavy (non-hydrogen) atoms. The number of nitrogens with zero attached hydrogens (tertiary/aromatic N) is 2. The van der Waals surface area contributed by atoms with E-state index in [1.807, 2.05) is 60.9 Å². The molecule has 0 bridgehead atoms. The Balaban J connectivity index is 1.85. The van der Waals surface area contributed by atoms with Crippen LogP contribution < -0.4 is 0 Å². The molecule has 0 saturated heterocycles. The van der Waals surface area contributed by atoms with Crippen LogP contribution in [0.1, 0.15) is 22.5 Å². The van der Waals surface area contributed by atoms with Crippen molar-refractivity contribution in [2.24, 2.45) is 0 Å². The molecule has 0 radical (unpaired) electrons. The van der Waals surface area contributed by atoms with E-state index >= 15 is 0 Å². The fourth-order valence-electron chi connectivity index (χ4n) is 2.22. The molecule has 0 N–H and O–H groups in total. The lowest BCUT2D eigenvalue weighted by molar-refractivity contribution is 0.952. The number of hydrogen-bond acceptors (Lipinski definition) is 3. The van der Waals surface area contributed by atoms with Crippen molar-refractivity contribution in [1.82, 2.24) is 9.97 Å². The van der Waals surface area contributed by atoms with Crippen molar-refractivity contribution in [3.63, 3.8) is 0 Å². The summed E-state index contributed by atoms with van der Waals surface area (Å²) in [6, 6.07) is 22.4. The van der Waals surface area contributed by atoms with Crippen molar-refractivity contribution in [3.8, 4) is 0 Å². The van der Waals surface area contributed by atoms with Crippen molar-refractivity contribution >= 4 is 36.1 Å². The van der Waals surface area contributed by atoms with Crippen LogP contribution in [0.3, 0.4) is 0 Å². The highest BCUT2D eigenvalue weighted by molar-refractivity contribution is 7.98. The Labute approximate surface area is 147 Å². The Morgan fingerprint density at radius 3 is 1.54 bits per heavy atom. The van der Waals surface area contributed by atoms with E-state index in [4.69, 9.17) is 0 Å². The van der Waals surface area contributed by atoms with Crippen molar-refractivity contribution in [1.29, 1.82) is 0 Å². The van der Waals surface area contributed by atoms with Crippen LogP contribution in [0.5, 0.6) is 0 Å². The average molecular weight is 330 g/mol. The summed E-state index contributed by atoms with van der Waals surface area (Å²) in [4.78, 5) is 9.11. The number of aromatic nitrogens is 2. The van der Waals surface area contributed by atoms with Crippen LogP contribution in [0, 0.1) is 0 Å². The Hall–Kier alpha value is -2.65. The van der Waals surface area contributed by atoms with Gasteiger partial charge in [0.05, 0.1) is 11.4 Å². The normalized spacial score (nSPS) is 11.4. The summed E-state index contributed by atoms with van der Waals surface area (Å²) in [5.41, 5.74) is 4.13. The van der Waals surface area contributed by atoms with Gasteiger partial charge in [0.15, 0.2) is 5.16 Å². The third-order valence-electron chi connectivity index (χ3n) is 3.42. The molecule has 1 heterocycles. The van der Waals surface area contributed by atoms with Gasteiger partial charge < -0.3 is 0 Å². The van der Waals surface area contributed by atoms with Crippen LogP contribution in [0.15, 0.2) is 71.9 Å². The lowest BCUT2D eigenvalue weighted by Crippen LogP contribution is -1.92. The minimum absolute atomic E-state index is 0.776. The van der Waals surface area contributed by atoms with Crippen molar-refractivity contribution < 1.29 is 0 Å². The van der Waals surface area contributed by atoms with Crippen molar-refractivity contribution in [2.75, 3.05) is 6.26 Å². The van der Waals surface area contributed by atoms with Gasteiger partial charge in [-0.3, -0.25) is 0 Å². The molecule has 0 saturated carbocycles. The molecule has 0 aliphatic rings. The van der Waals surface area contributed by atoms with Crippen LogP contribution in [0.25, 0.3) is 24.3 Å². The first-order valence-corrected chi connectivity index (χ1v) is 8.95. The first kappa shape index (κ1) is 16.2. The molecule has 118 valence electrons. The van der Waals surface area contributed by atoms with E-state index < -0.39 is 0 Å². The fraction of sp³-hybridized carbons (Fsp3) is 0.0476. The second-order valence-corrected chi connectivity index (χ2v) is 5.97. The number of thioether (sulfide) groups is 1. The molecule has 0 spiro atoms. The Morgan fingerprint density at radius 2 is 1.12 bits per heavy atom. The zero-order valence-corrected chi connectivity index (χ0v) is 14.3. The van der Waals surface area contributed by atoms with E-state index in [9.17, 15) is 0 Å². The van der Waals surface area contributed by atoms with Gasteiger partial charge in [0, 0.05) is 0 Å². The zero-order valence-electron chi connectivity index (χ0n) is 13.5. The van der Waals surface area contributed by atoms with Crippen molar-refractivity contribution in [3.05, 3.63) is 89.2 Å². The molecule has 3 heteroatoms. The standard InChI is InChI=1S/C21H18N2S/c1-24-21-22-19(14-12-17-8-4-2-5-9-17)16-20(23-21)15-13-18-10-6-3-7-11-18/h2-16H,1H3/b14-12+,15-13+. The second-order valence-electron chi connectivity index (χ2n) is 5.19. The van der Waals surface area contributed by atoms with Gasteiger partial charge in [0.2, 0.25) is 0 Å². The summed E-state index contributed by atoms with van der Waals surface area (Å²) in [5, 5.41) is 0.776. The summed E-state index contributed by atoms with van der Waals surface area (Å²) >= 11 is 1.55. The van der Waals surface area contributed by atoms with E-state index in [0.29, 0.717) is 0 Å². The van der Waals surface area contributed by atoms with Gasteiger partial charge in [-0.1, -0.05) is 84.6 Å². The fourth-order valence-corrected chi connectivity index (χ4v) is 2.61. The van der Waals surface area contributed by atoms with Gasteiger partial charge in [-0.05, 0) is 35.6 Å². The highest BCUT2D eigenvalue weighted by Crippen LogP contribution is 2.15. The third kappa shape index (κ3) is 4.67. The van der Waals surface area contributed by atoms with Gasteiger partial charge >= 0.3 is 0 Å². The number of benzene rings is 2. The molecule has 2 aromatic carbocycles. The molecule has 0 atom stereocenters. The minimum Gasteiger partial charge on any atom is -0.223 e. The number of hydrogen-bond donors (Lipinski definition) is 0. The van der Waals surface area contributed by atoms with Crippen LogP contribution >= 0.6 is 11.8 Å². The predicted molar refractivity (Wildman–Crippen MR) is 105 cm³/mol. The van der Waals surface area contributed by atoms with E-state index in [1.165, 1.54) is 0 Å². The Kier molecular flexibility index (Phi) is 5.59. The highest BCUT2D eigenvalue weighted by atomic mass is 32.2. The summed E-state index contributed by atoms with van der Waals surface area (Å²) < 4.78 is 0. The summed E-state index contributed by atoms with van der Waals surface area (Å²) in [5.74, 6) is 0. The molecule has 3 aromatic rings. The molecule has 0 aliphatic carbocycles. The molecule has 2 nitrogen and oxygen atoms in total. The van der Waals surface area contributed by atoms with Gasteiger partial charge in [-0.25, -0.2) is 9.97 Å². The van der Waals surface area contributed by atoms with E-state index in [-0.39, 0.29) is 0 Å². The lowest BCUT2D eigenvalue weighted by atomic mass is 10.2. The monoisotopic (exact) mass is 330 g/mol. The summed E-state index contributed by atoms with van der Waals surface area (Å²) in [6.45, 7) is 0. The maximum absolute atomic E-state index is 4.55.